The largest absolute Gasteiger partial charge is 0.271 e. The second-order valence-corrected chi connectivity index (χ2v) is 8.28. The number of hydrogen-bond donors (Lipinski definition) is 0. The Morgan fingerprint density at radius 1 is 0.938 bits per heavy atom. The van der Waals surface area contributed by atoms with Crippen LogP contribution in [-0.4, -0.2) is 11.6 Å². The van der Waals surface area contributed by atoms with E-state index in [1.165, 1.54) is 0 Å². The van der Waals surface area contributed by atoms with Crippen molar-refractivity contribution in [2.45, 2.75) is 26.2 Å². The average molecular weight is 421 g/mol. The van der Waals surface area contributed by atoms with E-state index >= 15 is 0 Å². The predicted octanol–water partition coefficient (Wildman–Crippen LogP) is 6.47. The number of carbonyl (C=O) groups excluding carboxylic acids is 1. The fourth-order valence-electron chi connectivity index (χ4n) is 4.49. The molecule has 0 spiro atoms. The normalized spacial score (nSPS) is 19.2. The van der Waals surface area contributed by atoms with Gasteiger partial charge in [-0.3, -0.25) is 4.79 Å². The summed E-state index contributed by atoms with van der Waals surface area (Å²) in [4.78, 5) is 14.3. The van der Waals surface area contributed by atoms with Crippen LogP contribution < -0.4 is 5.01 Å². The highest BCUT2D eigenvalue weighted by atomic mass is 16.2. The van der Waals surface area contributed by atoms with E-state index in [1.54, 1.807) is 11.1 Å². The molecule has 3 aromatic carbocycles. The Bertz CT molecular complexity index is 1150. The Balaban J connectivity index is 1.88. The van der Waals surface area contributed by atoms with Crippen molar-refractivity contribution in [1.29, 1.82) is 0 Å². The zero-order valence-electron chi connectivity index (χ0n) is 18.6. The Morgan fingerprint density at radius 2 is 1.56 bits per heavy atom. The number of carbonyl (C=O) groups is 1. The third kappa shape index (κ3) is 3.94. The Hall–Kier alpha value is -3.72. The van der Waals surface area contributed by atoms with Crippen LogP contribution in [-0.2, 0) is 11.2 Å². The molecular formula is C29H28N2O. The van der Waals surface area contributed by atoms with Crippen molar-refractivity contribution >= 4 is 17.3 Å². The van der Waals surface area contributed by atoms with E-state index in [1.807, 2.05) is 80.6 Å². The molecule has 3 aromatic rings. The molecule has 0 saturated heterocycles. The monoisotopic (exact) mass is 420 g/mol. The first-order chi connectivity index (χ1) is 15.6. The van der Waals surface area contributed by atoms with Gasteiger partial charge >= 0.3 is 0 Å². The van der Waals surface area contributed by atoms with Crippen LogP contribution in [0, 0.1) is 12.3 Å². The van der Waals surface area contributed by atoms with Crippen LogP contribution in [0.1, 0.15) is 29.5 Å². The molecule has 0 bridgehead atoms. The number of anilines is 1. The highest BCUT2D eigenvalue weighted by Crippen LogP contribution is 2.47. The zero-order valence-corrected chi connectivity index (χ0v) is 18.6. The fraction of sp³-hybridized carbons (Fsp3) is 0.172. The van der Waals surface area contributed by atoms with Gasteiger partial charge in [0.1, 0.15) is 5.41 Å². The van der Waals surface area contributed by atoms with Crippen LogP contribution in [0.5, 0.6) is 0 Å². The molecule has 4 rings (SSSR count). The van der Waals surface area contributed by atoms with Gasteiger partial charge in [0.15, 0.2) is 0 Å². The van der Waals surface area contributed by atoms with E-state index in [2.05, 4.69) is 36.9 Å². The van der Waals surface area contributed by atoms with Crippen molar-refractivity contribution in [3.05, 3.63) is 126 Å². The molecule has 0 fully saturated rings. The van der Waals surface area contributed by atoms with E-state index in [4.69, 9.17) is 5.10 Å². The van der Waals surface area contributed by atoms with Gasteiger partial charge in [-0.15, -0.1) is 0 Å². The fourth-order valence-corrected chi connectivity index (χ4v) is 4.49. The maximum atomic E-state index is 14.3. The number of amides is 1. The van der Waals surface area contributed by atoms with Crippen LogP contribution in [0.15, 0.2) is 115 Å². The third-order valence-electron chi connectivity index (χ3n) is 6.20. The number of rotatable bonds is 7. The number of allylic oxidation sites excluding steroid dienone is 3. The van der Waals surface area contributed by atoms with E-state index in [0.717, 1.165) is 28.1 Å². The quantitative estimate of drug-likeness (QED) is 0.403. The lowest BCUT2D eigenvalue weighted by Gasteiger charge is -2.35. The van der Waals surface area contributed by atoms with Gasteiger partial charge in [0.25, 0.3) is 5.91 Å². The highest BCUT2D eigenvalue weighted by Gasteiger charge is 2.54. The van der Waals surface area contributed by atoms with E-state index < -0.39 is 5.41 Å². The van der Waals surface area contributed by atoms with Crippen LogP contribution in [0.25, 0.3) is 0 Å². The molecule has 1 amide bonds. The van der Waals surface area contributed by atoms with Gasteiger partial charge in [-0.2, -0.15) is 10.1 Å². The van der Waals surface area contributed by atoms with Crippen LogP contribution in [0.3, 0.4) is 0 Å². The summed E-state index contributed by atoms with van der Waals surface area (Å²) in [7, 11) is 0. The van der Waals surface area contributed by atoms with Gasteiger partial charge in [0.2, 0.25) is 0 Å². The van der Waals surface area contributed by atoms with E-state index in [9.17, 15) is 4.79 Å². The maximum Gasteiger partial charge on any atom is 0.260 e. The molecule has 0 unspecified atom stereocenters. The summed E-state index contributed by atoms with van der Waals surface area (Å²) in [5.41, 5.74) is 4.09. The van der Waals surface area contributed by atoms with Gasteiger partial charge in [0.05, 0.1) is 11.4 Å². The second-order valence-electron chi connectivity index (χ2n) is 8.28. The summed E-state index contributed by atoms with van der Waals surface area (Å²) in [6.45, 7) is 7.87. The first kappa shape index (κ1) is 21.5. The predicted molar refractivity (Wildman–Crippen MR) is 133 cm³/mol. The van der Waals surface area contributed by atoms with Crippen LogP contribution >= 0.6 is 0 Å². The van der Waals surface area contributed by atoms with Gasteiger partial charge in [-0.1, -0.05) is 103 Å². The highest BCUT2D eigenvalue weighted by molar-refractivity contribution is 6.19. The molecule has 1 aliphatic rings. The van der Waals surface area contributed by atoms with Gasteiger partial charge in [-0.05, 0) is 43.5 Å². The molecule has 2 atom stereocenters. The minimum atomic E-state index is -0.840. The zero-order chi connectivity index (χ0) is 22.6. The van der Waals surface area contributed by atoms with E-state index in [-0.39, 0.29) is 11.8 Å². The first-order valence-corrected chi connectivity index (χ1v) is 10.9. The van der Waals surface area contributed by atoms with Crippen LogP contribution in [0.4, 0.5) is 5.69 Å². The number of nitrogens with zero attached hydrogens (tertiary/aromatic N) is 2. The number of aryl methyl sites for hydroxylation is 1. The third-order valence-corrected chi connectivity index (χ3v) is 6.20. The molecule has 0 aliphatic carbocycles. The summed E-state index contributed by atoms with van der Waals surface area (Å²) >= 11 is 0. The van der Waals surface area contributed by atoms with Crippen molar-refractivity contribution in [1.82, 2.24) is 0 Å². The summed E-state index contributed by atoms with van der Waals surface area (Å²) < 4.78 is 0. The number of hydrazone groups is 1. The second kappa shape index (κ2) is 9.19. The maximum absolute atomic E-state index is 14.3. The molecular weight excluding hydrogens is 392 g/mol. The minimum absolute atomic E-state index is 0.00901. The molecule has 1 heterocycles. The lowest BCUT2D eigenvalue weighted by molar-refractivity contribution is -0.124. The molecule has 32 heavy (non-hydrogen) atoms. The van der Waals surface area contributed by atoms with Crippen molar-refractivity contribution in [2.24, 2.45) is 10.5 Å². The van der Waals surface area contributed by atoms with E-state index in [0.29, 0.717) is 6.42 Å². The Kier molecular flexibility index (Phi) is 6.18. The summed E-state index contributed by atoms with van der Waals surface area (Å²) in [5, 5.41) is 6.39. The standard InChI is InChI=1S/C29H28N2O/c1-4-5-16-27(25-14-10-7-11-15-25)29(21-24-12-8-6-9-13-24)23(3)30-31(28(29)32)26-19-17-22(2)18-20-26/h4-20,27H,1,21H2,2-3H3/b16-5+/t27-,29-/m0/s1. The first-order valence-electron chi connectivity index (χ1n) is 10.9. The number of benzene rings is 3. The molecule has 0 radical (unpaired) electrons. The van der Waals surface area contributed by atoms with Crippen LogP contribution in [0.2, 0.25) is 0 Å². The smallest absolute Gasteiger partial charge is 0.260 e. The molecule has 3 nitrogen and oxygen atoms in total. The van der Waals surface area contributed by atoms with Crippen molar-refractivity contribution < 1.29 is 4.79 Å². The Morgan fingerprint density at radius 3 is 2.19 bits per heavy atom. The molecule has 0 saturated carbocycles. The van der Waals surface area contributed by atoms with Crippen molar-refractivity contribution in [3.63, 3.8) is 0 Å². The number of hydrogen-bond acceptors (Lipinski definition) is 2. The molecule has 3 heteroatoms. The lowest BCUT2D eigenvalue weighted by Crippen LogP contribution is -2.45. The topological polar surface area (TPSA) is 32.7 Å². The van der Waals surface area contributed by atoms with Gasteiger partial charge < -0.3 is 0 Å². The SMILES string of the molecule is C=C/C=C/[C@@H](c1ccccc1)[C@@]1(Cc2ccccc2)C(=O)N(c2ccc(C)cc2)N=C1C. The summed E-state index contributed by atoms with van der Waals surface area (Å²) in [6.07, 6.45) is 6.33. The van der Waals surface area contributed by atoms with Gasteiger partial charge in [-0.25, -0.2) is 0 Å². The average Bonchev–Trinajstić information content (AvgIpc) is 3.07. The minimum Gasteiger partial charge on any atom is -0.271 e. The molecule has 0 aromatic heterocycles. The van der Waals surface area contributed by atoms with Gasteiger partial charge in [0, 0.05) is 5.92 Å². The molecule has 0 N–H and O–H groups in total. The molecule has 160 valence electrons. The van der Waals surface area contributed by atoms with Crippen molar-refractivity contribution in [3.8, 4) is 0 Å². The Labute approximate surface area is 190 Å². The summed E-state index contributed by atoms with van der Waals surface area (Å²) in [5.74, 6) is -0.195. The van der Waals surface area contributed by atoms with Crippen molar-refractivity contribution in [2.75, 3.05) is 5.01 Å². The summed E-state index contributed by atoms with van der Waals surface area (Å²) in [6, 6.07) is 28.3. The lowest BCUT2D eigenvalue weighted by atomic mass is 9.65. The molecule has 1 aliphatic heterocycles.